The number of likely N-dealkylation sites (N-methyl/N-ethyl adjacent to an activating group) is 1. The Kier molecular flexibility index (Phi) is 10.7. The van der Waals surface area contributed by atoms with Crippen molar-refractivity contribution in [2.45, 2.75) is 23.9 Å². The molecule has 43 heavy (non-hydrogen) atoms. The van der Waals surface area contributed by atoms with Crippen LogP contribution in [-0.4, -0.2) is 51.9 Å². The SMILES string of the molecule is CNC(=O)[C@@H](Cc1ccccc1)N(Cc1ccc(Cl)c(Cl)c1)C(=O)CN(c1cccc(OC)c1)S(=O)(=O)c1ccccc1. The van der Waals surface area contributed by atoms with E-state index in [2.05, 4.69) is 5.32 Å². The van der Waals surface area contributed by atoms with Crippen LogP contribution in [0, 0.1) is 0 Å². The third-order valence-corrected chi connectivity index (χ3v) is 9.33. The molecule has 8 nitrogen and oxygen atoms in total. The molecule has 1 atom stereocenters. The second kappa shape index (κ2) is 14.4. The summed E-state index contributed by atoms with van der Waals surface area (Å²) in [6.07, 6.45) is 0.193. The van der Waals surface area contributed by atoms with Gasteiger partial charge in [-0.05, 0) is 47.5 Å². The fourth-order valence-electron chi connectivity index (χ4n) is 4.57. The van der Waals surface area contributed by atoms with E-state index in [1.54, 1.807) is 54.6 Å². The zero-order chi connectivity index (χ0) is 31.0. The molecule has 0 heterocycles. The predicted molar refractivity (Wildman–Crippen MR) is 169 cm³/mol. The molecule has 4 aromatic rings. The van der Waals surface area contributed by atoms with Crippen LogP contribution >= 0.6 is 23.2 Å². The average Bonchev–Trinajstić information content (AvgIpc) is 3.03. The number of sulfonamides is 1. The third-order valence-electron chi connectivity index (χ3n) is 6.81. The predicted octanol–water partition coefficient (Wildman–Crippen LogP) is 5.58. The number of nitrogens with one attached hydrogen (secondary N) is 1. The molecular formula is C32H31Cl2N3O5S. The minimum Gasteiger partial charge on any atom is -0.497 e. The molecule has 11 heteroatoms. The highest BCUT2D eigenvalue weighted by molar-refractivity contribution is 7.92. The smallest absolute Gasteiger partial charge is 0.264 e. The minimum absolute atomic E-state index is 0.00814. The fraction of sp³-hybridized carbons (Fsp3) is 0.188. The summed E-state index contributed by atoms with van der Waals surface area (Å²) in [7, 11) is -1.25. The molecule has 4 aromatic carbocycles. The monoisotopic (exact) mass is 639 g/mol. The van der Waals surface area contributed by atoms with Crippen LogP contribution in [0.5, 0.6) is 5.75 Å². The summed E-state index contributed by atoms with van der Waals surface area (Å²) in [4.78, 5) is 29.0. The number of hydrogen-bond donors (Lipinski definition) is 1. The molecule has 0 unspecified atom stereocenters. The number of halogens is 2. The first kappa shape index (κ1) is 31.9. The van der Waals surface area contributed by atoms with Crippen LogP contribution in [-0.2, 0) is 32.6 Å². The van der Waals surface area contributed by atoms with Gasteiger partial charge in [-0.15, -0.1) is 0 Å². The van der Waals surface area contributed by atoms with Gasteiger partial charge in [-0.25, -0.2) is 8.42 Å². The highest BCUT2D eigenvalue weighted by atomic mass is 35.5. The van der Waals surface area contributed by atoms with Gasteiger partial charge in [0.15, 0.2) is 0 Å². The maximum Gasteiger partial charge on any atom is 0.264 e. The minimum atomic E-state index is -4.21. The Balaban J connectivity index is 1.80. The van der Waals surface area contributed by atoms with E-state index in [1.165, 1.54) is 37.3 Å². The van der Waals surface area contributed by atoms with Gasteiger partial charge < -0.3 is 15.0 Å². The highest BCUT2D eigenvalue weighted by Crippen LogP contribution is 2.28. The molecular weight excluding hydrogens is 609 g/mol. The first-order valence-corrected chi connectivity index (χ1v) is 15.5. The highest BCUT2D eigenvalue weighted by Gasteiger charge is 2.34. The summed E-state index contributed by atoms with van der Waals surface area (Å²) in [5, 5.41) is 3.28. The van der Waals surface area contributed by atoms with E-state index in [0.717, 1.165) is 9.87 Å². The van der Waals surface area contributed by atoms with E-state index in [-0.39, 0.29) is 28.6 Å². The standard InChI is InChI=1S/C32H31Cl2N3O5S/c1-35-32(39)30(19-23-10-5-3-6-11-23)36(21-24-16-17-28(33)29(34)18-24)31(38)22-37(25-12-9-13-26(20-25)42-2)43(40,41)27-14-7-4-8-15-27/h3-18,20,30H,19,21-22H2,1-2H3,(H,35,39)/t30-/m1/s1. The molecule has 0 saturated carbocycles. The molecule has 2 amide bonds. The Bertz CT molecular complexity index is 1670. The lowest BCUT2D eigenvalue weighted by molar-refractivity contribution is -0.139. The van der Waals surface area contributed by atoms with E-state index < -0.39 is 34.4 Å². The van der Waals surface area contributed by atoms with E-state index in [0.29, 0.717) is 16.3 Å². The van der Waals surface area contributed by atoms with Gasteiger partial charge in [-0.2, -0.15) is 0 Å². The van der Waals surface area contributed by atoms with Gasteiger partial charge in [-0.1, -0.05) is 83.9 Å². The Morgan fingerprint density at radius 2 is 1.51 bits per heavy atom. The molecule has 4 rings (SSSR count). The van der Waals surface area contributed by atoms with Crippen LogP contribution < -0.4 is 14.4 Å². The molecule has 0 aliphatic rings. The van der Waals surface area contributed by atoms with Gasteiger partial charge >= 0.3 is 0 Å². The molecule has 1 N–H and O–H groups in total. The number of benzene rings is 4. The van der Waals surface area contributed by atoms with E-state index in [4.69, 9.17) is 27.9 Å². The molecule has 224 valence electrons. The molecule has 0 fully saturated rings. The average molecular weight is 641 g/mol. The number of nitrogens with zero attached hydrogens (tertiary/aromatic N) is 2. The van der Waals surface area contributed by atoms with Crippen LogP contribution in [0.25, 0.3) is 0 Å². The van der Waals surface area contributed by atoms with Crippen molar-refractivity contribution in [3.8, 4) is 5.75 Å². The number of anilines is 1. The maximum absolute atomic E-state index is 14.3. The summed E-state index contributed by atoms with van der Waals surface area (Å²) >= 11 is 12.4. The van der Waals surface area contributed by atoms with Gasteiger partial charge in [0.25, 0.3) is 10.0 Å². The molecule has 0 radical (unpaired) electrons. The van der Waals surface area contributed by atoms with Crippen molar-refractivity contribution in [2.24, 2.45) is 0 Å². The third kappa shape index (κ3) is 7.87. The summed E-state index contributed by atoms with van der Waals surface area (Å²) in [6, 6.07) is 27.5. The van der Waals surface area contributed by atoms with Crippen LogP contribution in [0.4, 0.5) is 5.69 Å². The maximum atomic E-state index is 14.3. The second-order valence-electron chi connectivity index (χ2n) is 9.62. The van der Waals surface area contributed by atoms with Crippen LogP contribution in [0.2, 0.25) is 10.0 Å². The number of methoxy groups -OCH3 is 1. The Hall–Kier alpha value is -4.05. The van der Waals surface area contributed by atoms with Gasteiger partial charge in [0, 0.05) is 26.1 Å². The zero-order valence-electron chi connectivity index (χ0n) is 23.6. The first-order valence-electron chi connectivity index (χ1n) is 13.3. The number of hydrogen-bond acceptors (Lipinski definition) is 5. The van der Waals surface area contributed by atoms with Crippen molar-refractivity contribution in [3.63, 3.8) is 0 Å². The number of ether oxygens (including phenoxy) is 1. The van der Waals surface area contributed by atoms with Crippen molar-refractivity contribution in [1.82, 2.24) is 10.2 Å². The summed E-state index contributed by atoms with van der Waals surface area (Å²) in [5.41, 5.74) is 1.67. The van der Waals surface area contributed by atoms with Crippen LogP contribution in [0.1, 0.15) is 11.1 Å². The molecule has 0 aliphatic heterocycles. The van der Waals surface area contributed by atoms with Crippen LogP contribution in [0.3, 0.4) is 0 Å². The van der Waals surface area contributed by atoms with Crippen molar-refractivity contribution in [3.05, 3.63) is 124 Å². The number of amides is 2. The van der Waals surface area contributed by atoms with Crippen LogP contribution in [0.15, 0.2) is 108 Å². The Morgan fingerprint density at radius 3 is 2.14 bits per heavy atom. The largest absolute Gasteiger partial charge is 0.497 e. The molecule has 0 aliphatic carbocycles. The van der Waals surface area contributed by atoms with E-state index >= 15 is 0 Å². The van der Waals surface area contributed by atoms with Gasteiger partial charge in [0.1, 0.15) is 18.3 Å². The topological polar surface area (TPSA) is 96.0 Å². The lowest BCUT2D eigenvalue weighted by atomic mass is 10.0. The van der Waals surface area contributed by atoms with Gasteiger partial charge in [-0.3, -0.25) is 13.9 Å². The molecule has 0 aromatic heterocycles. The summed E-state index contributed by atoms with van der Waals surface area (Å²) < 4.78 is 34.3. The lowest BCUT2D eigenvalue weighted by Gasteiger charge is -2.33. The van der Waals surface area contributed by atoms with Gasteiger partial charge in [0.2, 0.25) is 11.8 Å². The fourth-order valence-corrected chi connectivity index (χ4v) is 6.32. The molecule has 0 saturated heterocycles. The van der Waals surface area contributed by atoms with Gasteiger partial charge in [0.05, 0.1) is 27.7 Å². The number of rotatable bonds is 12. The molecule has 0 bridgehead atoms. The number of carbonyl (C=O) groups is 2. The zero-order valence-corrected chi connectivity index (χ0v) is 25.9. The van der Waals surface area contributed by atoms with Crippen molar-refractivity contribution in [1.29, 1.82) is 0 Å². The first-order chi connectivity index (χ1) is 20.6. The lowest BCUT2D eigenvalue weighted by Crippen LogP contribution is -2.53. The van der Waals surface area contributed by atoms with Crippen molar-refractivity contribution >= 4 is 50.7 Å². The van der Waals surface area contributed by atoms with Crippen molar-refractivity contribution in [2.75, 3.05) is 25.0 Å². The summed E-state index contributed by atoms with van der Waals surface area (Å²) in [5.74, 6) is -0.591. The molecule has 0 spiro atoms. The second-order valence-corrected chi connectivity index (χ2v) is 12.3. The Morgan fingerprint density at radius 1 is 0.837 bits per heavy atom. The van der Waals surface area contributed by atoms with Crippen molar-refractivity contribution < 1.29 is 22.7 Å². The van der Waals surface area contributed by atoms with E-state index in [9.17, 15) is 18.0 Å². The normalized spacial score (nSPS) is 11.8. The number of carbonyl (C=O) groups excluding carboxylic acids is 2. The quantitative estimate of drug-likeness (QED) is 0.218. The summed E-state index contributed by atoms with van der Waals surface area (Å²) in [6.45, 7) is -0.619. The Labute approximate surface area is 261 Å². The van der Waals surface area contributed by atoms with E-state index in [1.807, 2.05) is 30.3 Å².